The Hall–Kier alpha value is -3.98. The highest BCUT2D eigenvalue weighted by molar-refractivity contribution is 7.77. The molecule has 0 radical (unpaired) electrons. The molecule has 1 aromatic carbocycles. The molecule has 7 heterocycles. The molecule has 0 saturated carbocycles. The average molecular weight is 914 g/mol. The molecule has 0 aliphatic carbocycles. The topological polar surface area (TPSA) is 132 Å². The number of pyridine rings is 1. The fraction of sp³-hybridized carbons (Fsp3) is 0.591. The van der Waals surface area contributed by atoms with Crippen LogP contribution in [0.2, 0.25) is 0 Å². The summed E-state index contributed by atoms with van der Waals surface area (Å²) in [6.07, 6.45) is -2.46. The second kappa shape index (κ2) is 18.1. The Kier molecular flexibility index (Phi) is 13.1. The lowest BCUT2D eigenvalue weighted by Crippen LogP contribution is -2.62. The lowest BCUT2D eigenvalue weighted by Gasteiger charge is -2.44. The van der Waals surface area contributed by atoms with Crippen LogP contribution in [0.3, 0.4) is 0 Å². The number of methoxy groups -OCH3 is 1. The number of amides is 3. The maximum Gasteiger partial charge on any atom is 0.406 e. The van der Waals surface area contributed by atoms with Gasteiger partial charge in [0.2, 0.25) is 0 Å². The van der Waals surface area contributed by atoms with Crippen LogP contribution in [0.4, 0.5) is 23.7 Å². The fourth-order valence-corrected chi connectivity index (χ4v) is 10.4. The summed E-state index contributed by atoms with van der Waals surface area (Å²) in [6.45, 7) is 10.5. The number of aliphatic hydroxyl groups excluding tert-OH is 1. The number of urea groups is 1. The minimum absolute atomic E-state index is 0.0222. The van der Waals surface area contributed by atoms with Crippen molar-refractivity contribution in [3.63, 3.8) is 0 Å². The van der Waals surface area contributed by atoms with Crippen LogP contribution in [-0.4, -0.2) is 141 Å². The summed E-state index contributed by atoms with van der Waals surface area (Å²) in [5.41, 5.74) is 3.87. The van der Waals surface area contributed by atoms with Gasteiger partial charge >= 0.3 is 12.2 Å². The van der Waals surface area contributed by atoms with Crippen molar-refractivity contribution < 1.29 is 37.3 Å². The van der Waals surface area contributed by atoms with E-state index in [1.165, 1.54) is 25.3 Å². The zero-order valence-corrected chi connectivity index (χ0v) is 38.4. The Morgan fingerprint density at radius 3 is 2.59 bits per heavy atom. The van der Waals surface area contributed by atoms with E-state index < -0.39 is 42.6 Å². The van der Waals surface area contributed by atoms with Crippen molar-refractivity contribution in [3.8, 4) is 22.5 Å². The van der Waals surface area contributed by atoms with Crippen molar-refractivity contribution in [1.29, 1.82) is 0 Å². The van der Waals surface area contributed by atoms with Gasteiger partial charge in [-0.3, -0.25) is 14.8 Å². The minimum atomic E-state index is -4.57. The Labute approximate surface area is 375 Å². The van der Waals surface area contributed by atoms with Gasteiger partial charge in [0.1, 0.15) is 12.6 Å². The molecule has 63 heavy (non-hydrogen) atoms. The molecule has 8 rings (SSSR count). The second-order valence-corrected chi connectivity index (χ2v) is 19.6. The number of nitrogens with zero attached hydrogens (tertiary/aromatic N) is 8. The molecule has 3 saturated heterocycles. The summed E-state index contributed by atoms with van der Waals surface area (Å²) in [7, 11) is 3.63. The number of carbonyl (C=O) groups is 2. The number of hydrazine groups is 1. The molecule has 6 bridgehead atoms. The number of thiazole rings is 1. The van der Waals surface area contributed by atoms with Gasteiger partial charge in [0.05, 0.1) is 52.7 Å². The molecule has 4 aromatic rings. The SMILES string of the molecule is CO[C@@H](C)c1ncc(N2CCN(C)CC2)cc1-c1c2c3cc(ccc3n1CC(F)(F)F)-c1csc(n1)C[C@H](NC(=O)N1CC[C@H]1C)C(=O)N1CCC[C@@H](C(O)OCC(C)(C)C2)N1S. The molecule has 14 nitrogen and oxygen atoms in total. The third-order valence-corrected chi connectivity index (χ3v) is 14.4. The van der Waals surface area contributed by atoms with Crippen LogP contribution in [-0.2, 0) is 33.7 Å². The van der Waals surface area contributed by atoms with Gasteiger partial charge in [-0.05, 0) is 75.8 Å². The lowest BCUT2D eigenvalue weighted by atomic mass is 9.84. The number of hydrogen-bond donors (Lipinski definition) is 3. The summed E-state index contributed by atoms with van der Waals surface area (Å²) < 4.78 is 59.6. The molecule has 3 fully saturated rings. The third kappa shape index (κ3) is 9.56. The Morgan fingerprint density at radius 2 is 1.90 bits per heavy atom. The number of aromatic nitrogens is 3. The van der Waals surface area contributed by atoms with Gasteiger partial charge < -0.3 is 39.2 Å². The molecule has 3 amide bonds. The maximum absolute atomic E-state index is 14.9. The number of anilines is 1. The monoisotopic (exact) mass is 913 g/mol. The van der Waals surface area contributed by atoms with E-state index in [1.807, 2.05) is 45.2 Å². The predicted molar refractivity (Wildman–Crippen MR) is 239 cm³/mol. The molecule has 342 valence electrons. The van der Waals surface area contributed by atoms with Crippen molar-refractivity contribution in [2.75, 3.05) is 64.9 Å². The van der Waals surface area contributed by atoms with Crippen molar-refractivity contribution >= 4 is 52.7 Å². The van der Waals surface area contributed by atoms with Gasteiger partial charge in [0.15, 0.2) is 6.29 Å². The van der Waals surface area contributed by atoms with Gasteiger partial charge in [-0.1, -0.05) is 32.7 Å². The van der Waals surface area contributed by atoms with Gasteiger partial charge in [-0.15, -0.1) is 11.3 Å². The average Bonchev–Trinajstić information content (AvgIpc) is 3.82. The summed E-state index contributed by atoms with van der Waals surface area (Å²) >= 11 is 6.08. The molecule has 3 aromatic heterocycles. The van der Waals surface area contributed by atoms with Crippen molar-refractivity contribution in [2.45, 2.75) is 103 Å². The van der Waals surface area contributed by atoms with Crippen LogP contribution in [0.15, 0.2) is 35.8 Å². The number of aliphatic hydroxyl groups is 1. The molecule has 19 heteroatoms. The maximum atomic E-state index is 14.9. The van der Waals surface area contributed by atoms with E-state index in [9.17, 15) is 27.9 Å². The van der Waals surface area contributed by atoms with Crippen LogP contribution in [0, 0.1) is 5.41 Å². The van der Waals surface area contributed by atoms with Gasteiger partial charge in [-0.2, -0.15) is 17.6 Å². The highest BCUT2D eigenvalue weighted by Gasteiger charge is 2.41. The minimum Gasteiger partial charge on any atom is -0.375 e. The Bertz CT molecular complexity index is 2320. The van der Waals surface area contributed by atoms with E-state index in [0.717, 1.165) is 38.3 Å². The Morgan fingerprint density at radius 1 is 1.14 bits per heavy atom. The number of likely N-dealkylation sites (N-methyl/N-ethyl adjacent to an activating group) is 1. The molecule has 4 aliphatic heterocycles. The smallest absolute Gasteiger partial charge is 0.375 e. The largest absolute Gasteiger partial charge is 0.406 e. The number of fused-ring (bicyclic) bond motifs is 6. The number of alkyl halides is 3. The van der Waals surface area contributed by atoms with E-state index in [0.29, 0.717) is 75.6 Å². The Balaban J connectivity index is 1.30. The standard InChI is InChI=1S/C44H58F3N9O5S2/c1-26-11-13-53(26)42(59)50-33-20-37-49-34(23-63-37)28-9-10-35-30(18-28)32(21-43(3,4)25-61-41(58)36-8-7-12-55(40(33)57)56(36)62)39(54(35)24-44(45,46)47)31-19-29(22-48-38(31)27(2)60-6)52-16-14-51(5)15-17-52/h9-10,18-19,22-23,26-27,33,36,41,58,62H,7-8,11-17,20-21,24-25H2,1-6H3,(H,50,59)/t26-,27+,33+,36+,41?/m1/s1. The number of hydrogen-bond acceptors (Lipinski definition) is 12. The number of halogens is 3. The van der Waals surface area contributed by atoms with E-state index in [4.69, 9.17) is 32.3 Å². The number of ether oxygens (including phenoxy) is 2. The predicted octanol–water partition coefficient (Wildman–Crippen LogP) is 6.53. The summed E-state index contributed by atoms with van der Waals surface area (Å²) in [5, 5.41) is 19.1. The quantitative estimate of drug-likeness (QED) is 0.184. The number of likely N-dealkylation sites (tertiary alicyclic amines) is 1. The summed E-state index contributed by atoms with van der Waals surface area (Å²) in [4.78, 5) is 43.9. The molecular formula is C44H58F3N9O5S2. The van der Waals surface area contributed by atoms with Gasteiger partial charge in [-0.25, -0.2) is 9.78 Å². The highest BCUT2D eigenvalue weighted by Crippen LogP contribution is 2.44. The van der Waals surface area contributed by atoms with E-state index in [1.54, 1.807) is 30.3 Å². The van der Waals surface area contributed by atoms with Crippen molar-refractivity contribution in [2.24, 2.45) is 5.41 Å². The number of benzene rings is 1. The van der Waals surface area contributed by atoms with Crippen LogP contribution in [0.5, 0.6) is 0 Å². The van der Waals surface area contributed by atoms with Crippen LogP contribution in [0.1, 0.15) is 69.3 Å². The first kappa shape index (κ1) is 45.6. The molecular weight excluding hydrogens is 856 g/mol. The molecule has 5 atom stereocenters. The normalized spacial score (nSPS) is 24.6. The zero-order chi connectivity index (χ0) is 45.0. The molecule has 0 spiro atoms. The zero-order valence-electron chi connectivity index (χ0n) is 36.7. The molecule has 2 N–H and O–H groups in total. The van der Waals surface area contributed by atoms with E-state index >= 15 is 0 Å². The van der Waals surface area contributed by atoms with Crippen LogP contribution >= 0.6 is 24.2 Å². The van der Waals surface area contributed by atoms with Crippen LogP contribution < -0.4 is 10.2 Å². The summed E-state index contributed by atoms with van der Waals surface area (Å²) in [5.74, 6) is -0.389. The van der Waals surface area contributed by atoms with Gasteiger partial charge in [0.25, 0.3) is 5.91 Å². The van der Waals surface area contributed by atoms with E-state index in [2.05, 4.69) is 22.2 Å². The third-order valence-electron chi connectivity index (χ3n) is 13.0. The number of carbonyl (C=O) groups excluding carboxylic acids is 2. The number of piperazine rings is 1. The summed E-state index contributed by atoms with van der Waals surface area (Å²) in [6, 6.07) is 5.35. The lowest BCUT2D eigenvalue weighted by molar-refractivity contribution is -0.187. The number of nitrogens with one attached hydrogen (secondary N) is 1. The first-order valence-electron chi connectivity index (χ1n) is 21.7. The number of rotatable bonds is 6. The first-order chi connectivity index (χ1) is 29.9. The van der Waals surface area contributed by atoms with Crippen LogP contribution in [0.25, 0.3) is 33.4 Å². The van der Waals surface area contributed by atoms with Crippen molar-refractivity contribution in [3.05, 3.63) is 52.1 Å². The second-order valence-electron chi connectivity index (χ2n) is 18.3. The number of thiol groups is 1. The van der Waals surface area contributed by atoms with Gasteiger partial charge in [0, 0.05) is 86.3 Å². The first-order valence-corrected chi connectivity index (χ1v) is 23.0. The van der Waals surface area contributed by atoms with E-state index in [-0.39, 0.29) is 37.4 Å². The molecule has 1 unspecified atom stereocenters. The highest BCUT2D eigenvalue weighted by atomic mass is 32.1. The van der Waals surface area contributed by atoms with Crippen molar-refractivity contribution in [1.82, 2.24) is 39.1 Å². The fourth-order valence-electron chi connectivity index (χ4n) is 9.15. The molecule has 4 aliphatic rings.